The van der Waals surface area contributed by atoms with E-state index in [4.69, 9.17) is 0 Å². The van der Waals surface area contributed by atoms with Crippen molar-refractivity contribution in [3.8, 4) is 0 Å². The lowest BCUT2D eigenvalue weighted by Crippen LogP contribution is -2.76. The van der Waals surface area contributed by atoms with Crippen LogP contribution in [-0.4, -0.2) is 62.2 Å². The summed E-state index contributed by atoms with van der Waals surface area (Å²) in [7, 11) is -6.50. The third-order valence-electron chi connectivity index (χ3n) is 4.24. The topological polar surface area (TPSA) is 47.3 Å². The quantitative estimate of drug-likeness (QED) is 0.248. The molecule has 0 spiro atoms. The van der Waals surface area contributed by atoms with Gasteiger partial charge < -0.3 is 0 Å². The fraction of sp³-hybridized carbons (Fsp3) is 0.643. The number of pyridine rings is 1. The van der Waals surface area contributed by atoms with Crippen molar-refractivity contribution < 1.29 is 100.0 Å². The van der Waals surface area contributed by atoms with Gasteiger partial charge in [-0.05, 0) is 0 Å². The first-order valence-electron chi connectivity index (χ1n) is 8.33. The normalized spacial score (nSPS) is 16.1. The molecule has 0 fully saturated rings. The summed E-state index contributed by atoms with van der Waals surface area (Å²) >= 11 is 0. The van der Waals surface area contributed by atoms with Crippen LogP contribution in [0.4, 0.5) is 83.4 Å². The van der Waals surface area contributed by atoms with Crippen LogP contribution in [0.15, 0.2) is 30.6 Å². The van der Waals surface area contributed by atoms with Crippen LogP contribution in [0.2, 0.25) is 0 Å². The minimum Gasteiger partial charge on any atom is -0.192 e. The van der Waals surface area contributed by atoms with E-state index in [2.05, 4.69) is 4.18 Å². The zero-order chi connectivity index (χ0) is 30.8. The number of aromatic nitrogens is 1. The molecule has 0 aliphatic heterocycles. The fourth-order valence-corrected chi connectivity index (χ4v) is 3.00. The maximum absolute atomic E-state index is 13.7. The zero-order valence-corrected chi connectivity index (χ0v) is 17.5. The molecule has 0 aromatic carbocycles. The molecule has 222 valence electrons. The smallest absolute Gasteiger partial charge is 0.192 e. The first-order valence-corrected chi connectivity index (χ1v) is 9.69. The van der Waals surface area contributed by atoms with Gasteiger partial charge in [0.25, 0.3) is 0 Å². The van der Waals surface area contributed by atoms with Crippen LogP contribution in [0.3, 0.4) is 0 Å². The summed E-state index contributed by atoms with van der Waals surface area (Å²) in [4.78, 5) is 0. The molecule has 4 nitrogen and oxygen atoms in total. The molecule has 0 unspecified atom stereocenters. The van der Waals surface area contributed by atoms with Crippen LogP contribution < -0.4 is 3.97 Å². The molecule has 1 aromatic rings. The van der Waals surface area contributed by atoms with Gasteiger partial charge in [-0.2, -0.15) is 83.4 Å². The molecule has 0 aliphatic carbocycles. The van der Waals surface area contributed by atoms with E-state index in [0.717, 1.165) is 6.07 Å². The van der Waals surface area contributed by atoms with Gasteiger partial charge >= 0.3 is 64.0 Å². The van der Waals surface area contributed by atoms with Crippen LogP contribution >= 0.6 is 0 Å². The molecule has 0 N–H and O–H groups in total. The molecule has 0 bridgehead atoms. The van der Waals surface area contributed by atoms with Gasteiger partial charge in [-0.1, -0.05) is 10.0 Å². The van der Waals surface area contributed by atoms with E-state index in [-0.39, 0.29) is 12.4 Å². The highest BCUT2D eigenvalue weighted by molar-refractivity contribution is 7.80. The van der Waals surface area contributed by atoms with Crippen molar-refractivity contribution in [2.24, 2.45) is 0 Å². The standard InChI is InChI=1S/C14H5F19NO3S/c15-6(16,7(17,18)9(21,22)11(25,26)13(29,30)31)8(19,20)10(23,24)12(27,28)14(32,33)37-38(35,36)34-4-2-1-3-5-34/h1-5H/q+1. The summed E-state index contributed by atoms with van der Waals surface area (Å²) in [5, 5.41) is 0. The Morgan fingerprint density at radius 1 is 0.447 bits per heavy atom. The Morgan fingerprint density at radius 2 is 0.737 bits per heavy atom. The van der Waals surface area contributed by atoms with Crippen LogP contribution in [0.25, 0.3) is 0 Å². The minimum absolute atomic E-state index is 0.133. The highest BCUT2D eigenvalue weighted by atomic mass is 32.2. The predicted molar refractivity (Wildman–Crippen MR) is 77.7 cm³/mol. The van der Waals surface area contributed by atoms with Gasteiger partial charge in [-0.3, -0.25) is 0 Å². The molecule has 0 aliphatic rings. The van der Waals surface area contributed by atoms with Gasteiger partial charge in [0.1, 0.15) is 0 Å². The van der Waals surface area contributed by atoms with E-state index in [1.165, 1.54) is 0 Å². The first-order chi connectivity index (χ1) is 16.3. The lowest BCUT2D eigenvalue weighted by molar-refractivity contribution is -0.530. The Balaban J connectivity index is 3.70. The summed E-state index contributed by atoms with van der Waals surface area (Å²) in [6, 6.07) is 2.09. The monoisotopic (exact) mass is 628 g/mol. The Labute approximate surface area is 195 Å². The van der Waals surface area contributed by atoms with Crippen molar-refractivity contribution in [1.29, 1.82) is 0 Å². The molecular formula is C14H5F19NO3S+. The van der Waals surface area contributed by atoms with E-state index in [1.807, 2.05) is 0 Å². The van der Waals surface area contributed by atoms with Crippen LogP contribution in [0.1, 0.15) is 0 Å². The maximum atomic E-state index is 13.7. The molecule has 0 amide bonds. The van der Waals surface area contributed by atoms with Crippen molar-refractivity contribution >= 4 is 10.3 Å². The highest BCUT2D eigenvalue weighted by Crippen LogP contribution is 2.65. The molecule has 1 aromatic heterocycles. The number of hydrogen-bond acceptors (Lipinski definition) is 3. The summed E-state index contributed by atoms with van der Waals surface area (Å²) in [5.74, 6) is -61.7. The second kappa shape index (κ2) is 8.87. The SMILES string of the molecule is O=S(=O)(OC(F)(F)C(F)(F)C(F)(F)C(F)(F)C(F)(F)C(F)(F)C(F)(F)C(F)(F)C(F)(F)F)[n+]1ccccc1. The van der Waals surface area contributed by atoms with E-state index in [0.29, 0.717) is 12.1 Å². The Kier molecular flexibility index (Phi) is 7.88. The van der Waals surface area contributed by atoms with Crippen molar-refractivity contribution in [3.05, 3.63) is 30.6 Å². The summed E-state index contributed by atoms with van der Waals surface area (Å²) in [6.45, 7) is 0. The average Bonchev–Trinajstić information content (AvgIpc) is 2.71. The molecular weight excluding hydrogens is 623 g/mol. The Morgan fingerprint density at radius 3 is 1.05 bits per heavy atom. The molecule has 24 heteroatoms. The van der Waals surface area contributed by atoms with Crippen molar-refractivity contribution in [3.63, 3.8) is 0 Å². The molecule has 0 saturated heterocycles. The van der Waals surface area contributed by atoms with Gasteiger partial charge in [-0.25, -0.2) is 0 Å². The fourth-order valence-electron chi connectivity index (χ4n) is 2.11. The summed E-state index contributed by atoms with van der Waals surface area (Å²) in [6.07, 6.45) is -15.4. The molecule has 38 heavy (non-hydrogen) atoms. The zero-order valence-electron chi connectivity index (χ0n) is 16.6. The lowest BCUT2D eigenvalue weighted by atomic mass is 9.88. The maximum Gasteiger partial charge on any atom is 0.519 e. The van der Waals surface area contributed by atoms with Crippen molar-refractivity contribution in [2.75, 3.05) is 0 Å². The van der Waals surface area contributed by atoms with Gasteiger partial charge in [0, 0.05) is 12.1 Å². The molecule has 1 rings (SSSR count). The largest absolute Gasteiger partial charge is 0.519 e. The second-order valence-corrected chi connectivity index (χ2v) is 8.23. The van der Waals surface area contributed by atoms with E-state index in [1.54, 1.807) is 0 Å². The minimum atomic E-state index is -9.12. The third kappa shape index (κ3) is 4.49. The first kappa shape index (κ1) is 33.8. The molecule has 1 heterocycles. The van der Waals surface area contributed by atoms with Crippen LogP contribution in [0.5, 0.6) is 0 Å². The van der Waals surface area contributed by atoms with Gasteiger partial charge in [0.2, 0.25) is 0 Å². The van der Waals surface area contributed by atoms with Gasteiger partial charge in [0.15, 0.2) is 12.4 Å². The number of rotatable bonds is 10. The van der Waals surface area contributed by atoms with Crippen LogP contribution in [-0.2, 0) is 14.5 Å². The highest BCUT2D eigenvalue weighted by Gasteiger charge is 2.97. The predicted octanol–water partition coefficient (Wildman–Crippen LogP) is 5.69. The molecule has 0 saturated carbocycles. The van der Waals surface area contributed by atoms with Crippen LogP contribution in [0, 0.1) is 0 Å². The molecule has 0 atom stereocenters. The third-order valence-corrected chi connectivity index (χ3v) is 5.42. The van der Waals surface area contributed by atoms with Gasteiger partial charge in [-0.15, -0.1) is 12.6 Å². The number of halogens is 19. The number of alkyl halides is 19. The average molecular weight is 628 g/mol. The van der Waals surface area contributed by atoms with E-state index >= 15 is 0 Å². The second-order valence-electron chi connectivity index (χ2n) is 6.78. The van der Waals surface area contributed by atoms with E-state index < -0.39 is 68.0 Å². The van der Waals surface area contributed by atoms with E-state index in [9.17, 15) is 91.8 Å². The number of hydrogen-bond donors (Lipinski definition) is 0. The molecule has 0 radical (unpaired) electrons. The van der Waals surface area contributed by atoms with Crippen molar-refractivity contribution in [1.82, 2.24) is 0 Å². The summed E-state index contributed by atoms with van der Waals surface area (Å²) < 4.78 is 275. The van der Waals surface area contributed by atoms with Crippen molar-refractivity contribution in [2.45, 2.75) is 53.7 Å². The Hall–Kier alpha value is -2.27. The van der Waals surface area contributed by atoms with Gasteiger partial charge in [0.05, 0.1) is 0 Å². The number of nitrogens with zero attached hydrogens (tertiary/aromatic N) is 1. The Bertz CT molecular complexity index is 1110. The lowest BCUT2D eigenvalue weighted by Gasteiger charge is -2.43. The summed E-state index contributed by atoms with van der Waals surface area (Å²) in [5.41, 5.74) is 0.